The number of rotatable bonds is 0. The van der Waals surface area contributed by atoms with E-state index >= 15 is 0 Å². The van der Waals surface area contributed by atoms with E-state index in [0.29, 0.717) is 10.0 Å². The van der Waals surface area contributed by atoms with Crippen molar-refractivity contribution < 1.29 is 20.3 Å². The zero-order chi connectivity index (χ0) is 5.98. The van der Waals surface area contributed by atoms with Gasteiger partial charge in [0.15, 0.2) is 0 Å². The van der Waals surface area contributed by atoms with Crippen LogP contribution in [0, 0.1) is 0 Å². The molecule has 0 unspecified atom stereocenters. The van der Waals surface area contributed by atoms with Gasteiger partial charge in [-0.25, -0.2) is 0 Å². The predicted octanol–water partition coefficient (Wildman–Crippen LogP) is 0.110. The standard InChI is InChI=1S/C6H4Cl2.Li.H/c7-5-3-1-2-4-6(5)8;;/h1-4H;;/q;+1;-1. The van der Waals surface area contributed by atoms with Crippen LogP contribution in [0.25, 0.3) is 0 Å². The van der Waals surface area contributed by atoms with Gasteiger partial charge < -0.3 is 1.43 Å². The molecule has 0 spiro atoms. The van der Waals surface area contributed by atoms with Crippen LogP contribution < -0.4 is 18.9 Å². The van der Waals surface area contributed by atoms with Gasteiger partial charge in [0.25, 0.3) is 0 Å². The second kappa shape index (κ2) is 4.25. The molecule has 0 fully saturated rings. The quantitative estimate of drug-likeness (QED) is 0.466. The summed E-state index contributed by atoms with van der Waals surface area (Å²) >= 11 is 11.2. The number of hydrogen-bond donors (Lipinski definition) is 0. The van der Waals surface area contributed by atoms with E-state index < -0.39 is 0 Å². The molecule has 0 amide bonds. The van der Waals surface area contributed by atoms with E-state index in [0.717, 1.165) is 0 Å². The van der Waals surface area contributed by atoms with Crippen molar-refractivity contribution in [2.24, 2.45) is 0 Å². The van der Waals surface area contributed by atoms with E-state index in [-0.39, 0.29) is 20.3 Å². The zero-order valence-electron chi connectivity index (χ0n) is 6.07. The van der Waals surface area contributed by atoms with Crippen LogP contribution in [0.2, 0.25) is 10.0 Å². The first kappa shape index (κ1) is 9.40. The van der Waals surface area contributed by atoms with Crippen molar-refractivity contribution >= 4 is 23.2 Å². The van der Waals surface area contributed by atoms with Gasteiger partial charge in [0.2, 0.25) is 0 Å². The Hall–Kier alpha value is 0.397. The van der Waals surface area contributed by atoms with E-state index in [9.17, 15) is 0 Å². The number of benzene rings is 1. The van der Waals surface area contributed by atoms with Crippen molar-refractivity contribution in [2.45, 2.75) is 0 Å². The summed E-state index contributed by atoms with van der Waals surface area (Å²) < 4.78 is 0. The first-order chi connectivity index (χ1) is 3.80. The molecule has 1 aromatic rings. The average molecular weight is 155 g/mol. The second-order valence-electron chi connectivity index (χ2n) is 1.41. The van der Waals surface area contributed by atoms with Gasteiger partial charge in [-0.05, 0) is 12.1 Å². The minimum Gasteiger partial charge on any atom is -1.00 e. The smallest absolute Gasteiger partial charge is 1.00 e. The molecule has 0 N–H and O–H groups in total. The Morgan fingerprint density at radius 1 is 1.00 bits per heavy atom. The van der Waals surface area contributed by atoms with Crippen LogP contribution in [0.15, 0.2) is 24.3 Å². The second-order valence-corrected chi connectivity index (χ2v) is 2.23. The van der Waals surface area contributed by atoms with E-state index in [1.54, 1.807) is 12.1 Å². The van der Waals surface area contributed by atoms with E-state index in [4.69, 9.17) is 23.2 Å². The van der Waals surface area contributed by atoms with Gasteiger partial charge in [-0.1, -0.05) is 35.3 Å². The van der Waals surface area contributed by atoms with Gasteiger partial charge in [0, 0.05) is 0 Å². The summed E-state index contributed by atoms with van der Waals surface area (Å²) in [6, 6.07) is 7.19. The fourth-order valence-electron chi connectivity index (χ4n) is 0.439. The summed E-state index contributed by atoms with van der Waals surface area (Å²) in [7, 11) is 0. The minimum absolute atomic E-state index is 0. The summed E-state index contributed by atoms with van der Waals surface area (Å²) in [6.45, 7) is 0. The third-order valence-corrected chi connectivity index (χ3v) is 1.58. The number of halogens is 2. The molecule has 0 saturated carbocycles. The Morgan fingerprint density at radius 3 is 1.56 bits per heavy atom. The number of hydrogen-bond acceptors (Lipinski definition) is 0. The van der Waals surface area contributed by atoms with E-state index in [1.165, 1.54) is 0 Å². The molecule has 0 radical (unpaired) electrons. The Bertz CT molecular complexity index is 172. The van der Waals surface area contributed by atoms with Crippen molar-refractivity contribution in [3.63, 3.8) is 0 Å². The molecule has 9 heavy (non-hydrogen) atoms. The van der Waals surface area contributed by atoms with Crippen LogP contribution >= 0.6 is 23.2 Å². The summed E-state index contributed by atoms with van der Waals surface area (Å²) in [5, 5.41) is 1.21. The summed E-state index contributed by atoms with van der Waals surface area (Å²) in [5.41, 5.74) is 0. The van der Waals surface area contributed by atoms with Crippen molar-refractivity contribution in [3.05, 3.63) is 34.3 Å². The monoisotopic (exact) mass is 154 g/mol. The zero-order valence-corrected chi connectivity index (χ0v) is 6.58. The van der Waals surface area contributed by atoms with Crippen LogP contribution in [0.3, 0.4) is 0 Å². The molecule has 0 aliphatic carbocycles. The molecule has 0 aromatic heterocycles. The third-order valence-electron chi connectivity index (χ3n) is 0.824. The fourth-order valence-corrected chi connectivity index (χ4v) is 0.711. The summed E-state index contributed by atoms with van der Waals surface area (Å²) in [6.07, 6.45) is 0. The molecular formula is C6H5Cl2Li. The molecule has 0 nitrogen and oxygen atoms in total. The van der Waals surface area contributed by atoms with E-state index in [2.05, 4.69) is 0 Å². The van der Waals surface area contributed by atoms with Crippen LogP contribution in [-0.2, 0) is 0 Å². The largest absolute Gasteiger partial charge is 1.00 e. The van der Waals surface area contributed by atoms with Crippen LogP contribution in [0.5, 0.6) is 0 Å². The van der Waals surface area contributed by atoms with Gasteiger partial charge in [-0.3, -0.25) is 0 Å². The Labute approximate surface area is 77.8 Å². The molecule has 0 atom stereocenters. The molecule has 0 saturated heterocycles. The van der Waals surface area contributed by atoms with Crippen molar-refractivity contribution in [3.8, 4) is 0 Å². The van der Waals surface area contributed by atoms with Gasteiger partial charge in [0.1, 0.15) is 0 Å². The molecule has 1 rings (SSSR count). The van der Waals surface area contributed by atoms with Gasteiger partial charge in [-0.2, -0.15) is 0 Å². The molecule has 0 aliphatic rings. The Morgan fingerprint density at radius 2 is 1.33 bits per heavy atom. The van der Waals surface area contributed by atoms with Gasteiger partial charge >= 0.3 is 18.9 Å². The van der Waals surface area contributed by atoms with Crippen molar-refractivity contribution in [2.75, 3.05) is 0 Å². The summed E-state index contributed by atoms with van der Waals surface area (Å²) in [5.74, 6) is 0. The molecule has 0 aliphatic heterocycles. The normalized spacial score (nSPS) is 8.22. The molecule has 44 valence electrons. The molecular weight excluding hydrogens is 150 g/mol. The fraction of sp³-hybridized carbons (Fsp3) is 0. The molecule has 1 aromatic carbocycles. The van der Waals surface area contributed by atoms with Gasteiger partial charge in [0.05, 0.1) is 10.0 Å². The third kappa shape index (κ3) is 2.65. The van der Waals surface area contributed by atoms with Crippen LogP contribution in [0.1, 0.15) is 1.43 Å². The average Bonchev–Trinajstić information content (AvgIpc) is 1.77. The molecule has 0 bridgehead atoms. The van der Waals surface area contributed by atoms with Crippen molar-refractivity contribution in [1.82, 2.24) is 0 Å². The first-order valence-electron chi connectivity index (χ1n) is 2.21. The van der Waals surface area contributed by atoms with Crippen LogP contribution in [-0.4, -0.2) is 0 Å². The Kier molecular flexibility index (Phi) is 4.44. The van der Waals surface area contributed by atoms with Crippen molar-refractivity contribution in [1.29, 1.82) is 0 Å². The maximum absolute atomic E-state index is 5.58. The first-order valence-corrected chi connectivity index (χ1v) is 2.96. The predicted molar refractivity (Wildman–Crippen MR) is 37.6 cm³/mol. The maximum Gasteiger partial charge on any atom is 1.00 e. The maximum atomic E-state index is 5.58. The van der Waals surface area contributed by atoms with E-state index in [1.807, 2.05) is 12.1 Å². The Balaban J connectivity index is 0. The molecule has 0 heterocycles. The topological polar surface area (TPSA) is 0 Å². The minimum atomic E-state index is 0. The summed E-state index contributed by atoms with van der Waals surface area (Å²) in [4.78, 5) is 0. The van der Waals surface area contributed by atoms with Crippen LogP contribution in [0.4, 0.5) is 0 Å². The SMILES string of the molecule is Clc1ccccc1Cl.[H-].[Li+]. The van der Waals surface area contributed by atoms with Gasteiger partial charge in [-0.15, -0.1) is 0 Å². The molecule has 3 heteroatoms.